The van der Waals surface area contributed by atoms with E-state index in [0.29, 0.717) is 18.3 Å². The van der Waals surface area contributed by atoms with E-state index >= 15 is 0 Å². The van der Waals surface area contributed by atoms with Gasteiger partial charge in [0.25, 0.3) is 0 Å². The molecule has 1 aromatic carbocycles. The summed E-state index contributed by atoms with van der Waals surface area (Å²) >= 11 is 3.50. The van der Waals surface area contributed by atoms with Crippen LogP contribution < -0.4 is 10.1 Å². The highest BCUT2D eigenvalue weighted by atomic mass is 79.9. The predicted octanol–water partition coefficient (Wildman–Crippen LogP) is 2.89. The maximum atomic E-state index is 12.5. The van der Waals surface area contributed by atoms with Gasteiger partial charge >= 0.3 is 0 Å². The second kappa shape index (κ2) is 8.29. The van der Waals surface area contributed by atoms with Gasteiger partial charge < -0.3 is 15.0 Å². The maximum Gasteiger partial charge on any atom is 0.227 e. The third-order valence-electron chi connectivity index (χ3n) is 4.35. The van der Waals surface area contributed by atoms with Crippen molar-refractivity contribution < 1.29 is 9.53 Å². The molecule has 1 aliphatic rings. The molecule has 1 aromatic heterocycles. The van der Waals surface area contributed by atoms with Crippen molar-refractivity contribution in [2.45, 2.75) is 25.3 Å². The second-order valence-corrected chi connectivity index (χ2v) is 6.87. The summed E-state index contributed by atoms with van der Waals surface area (Å²) in [7, 11) is 1.58. The van der Waals surface area contributed by atoms with E-state index in [4.69, 9.17) is 4.74 Å². The number of aromatic nitrogens is 2. The molecule has 7 heteroatoms. The van der Waals surface area contributed by atoms with Crippen molar-refractivity contribution in [3.63, 3.8) is 0 Å². The number of halogens is 1. The van der Waals surface area contributed by atoms with Crippen LogP contribution in [0.4, 0.5) is 5.82 Å². The van der Waals surface area contributed by atoms with E-state index in [-0.39, 0.29) is 5.91 Å². The number of likely N-dealkylation sites (tertiary alicyclic amines) is 1. The molecular weight excluding hydrogens is 384 g/mol. The molecule has 2 aromatic rings. The minimum atomic E-state index is 0.175. The van der Waals surface area contributed by atoms with E-state index in [1.165, 1.54) is 6.33 Å². The fourth-order valence-electron chi connectivity index (χ4n) is 2.93. The fourth-order valence-corrected chi connectivity index (χ4v) is 3.35. The zero-order valence-corrected chi connectivity index (χ0v) is 15.7. The van der Waals surface area contributed by atoms with Gasteiger partial charge in [-0.2, -0.15) is 0 Å². The summed E-state index contributed by atoms with van der Waals surface area (Å²) in [5.41, 5.74) is 1.03. The van der Waals surface area contributed by atoms with E-state index in [2.05, 4.69) is 31.2 Å². The van der Waals surface area contributed by atoms with Crippen molar-refractivity contribution in [1.29, 1.82) is 0 Å². The SMILES string of the molecule is COc1cc(NC2CCN(C(=O)Cc3ccccc3Br)CC2)ncn1. The number of ether oxygens (including phenoxy) is 1. The Morgan fingerprint density at radius 1 is 1.32 bits per heavy atom. The molecule has 6 nitrogen and oxygen atoms in total. The Labute approximate surface area is 155 Å². The molecular formula is C18H21BrN4O2. The number of piperidine rings is 1. The molecule has 0 atom stereocenters. The first-order valence-electron chi connectivity index (χ1n) is 8.29. The van der Waals surface area contributed by atoms with Gasteiger partial charge in [-0.25, -0.2) is 9.97 Å². The normalized spacial score (nSPS) is 15.0. The zero-order chi connectivity index (χ0) is 17.6. The average molecular weight is 405 g/mol. The summed E-state index contributed by atoms with van der Waals surface area (Å²) in [5.74, 6) is 1.47. The van der Waals surface area contributed by atoms with Crippen molar-refractivity contribution in [2.75, 3.05) is 25.5 Å². The standard InChI is InChI=1S/C18H21BrN4O2/c1-25-17-11-16(20-12-21-17)22-14-6-8-23(9-7-14)18(24)10-13-4-2-3-5-15(13)19/h2-5,11-12,14H,6-10H2,1H3,(H,20,21,22). The monoisotopic (exact) mass is 404 g/mol. The Balaban J connectivity index is 1.51. The minimum Gasteiger partial charge on any atom is -0.481 e. The molecule has 0 radical (unpaired) electrons. The van der Waals surface area contributed by atoms with E-state index in [1.807, 2.05) is 29.2 Å². The van der Waals surface area contributed by atoms with Crippen LogP contribution in [-0.4, -0.2) is 47.0 Å². The lowest BCUT2D eigenvalue weighted by molar-refractivity contribution is -0.131. The van der Waals surface area contributed by atoms with Crippen LogP contribution in [0.1, 0.15) is 18.4 Å². The number of rotatable bonds is 5. The van der Waals surface area contributed by atoms with Crippen molar-refractivity contribution >= 4 is 27.7 Å². The van der Waals surface area contributed by atoms with Crippen LogP contribution in [0.15, 0.2) is 41.1 Å². The van der Waals surface area contributed by atoms with Crippen LogP contribution in [0.25, 0.3) is 0 Å². The van der Waals surface area contributed by atoms with Crippen molar-refractivity contribution in [1.82, 2.24) is 14.9 Å². The van der Waals surface area contributed by atoms with Crippen LogP contribution >= 0.6 is 15.9 Å². The molecule has 1 aliphatic heterocycles. The molecule has 0 saturated carbocycles. The average Bonchev–Trinajstić information content (AvgIpc) is 2.64. The second-order valence-electron chi connectivity index (χ2n) is 6.01. The quantitative estimate of drug-likeness (QED) is 0.829. The number of nitrogens with one attached hydrogen (secondary N) is 1. The highest BCUT2D eigenvalue weighted by molar-refractivity contribution is 9.10. The molecule has 1 saturated heterocycles. The first-order valence-corrected chi connectivity index (χ1v) is 9.09. The topological polar surface area (TPSA) is 67.3 Å². The zero-order valence-electron chi connectivity index (χ0n) is 14.1. The fraction of sp³-hybridized carbons (Fsp3) is 0.389. The molecule has 0 bridgehead atoms. The lowest BCUT2D eigenvalue weighted by Crippen LogP contribution is -2.43. The first kappa shape index (κ1) is 17.7. The summed E-state index contributed by atoms with van der Waals surface area (Å²) in [5, 5.41) is 3.40. The van der Waals surface area contributed by atoms with Gasteiger partial charge in [0.1, 0.15) is 12.1 Å². The third-order valence-corrected chi connectivity index (χ3v) is 5.12. The van der Waals surface area contributed by atoms with Crippen molar-refractivity contribution in [3.8, 4) is 5.88 Å². The smallest absolute Gasteiger partial charge is 0.227 e. The number of amides is 1. The largest absolute Gasteiger partial charge is 0.481 e. The summed E-state index contributed by atoms with van der Waals surface area (Å²) in [4.78, 5) is 22.7. The summed E-state index contributed by atoms with van der Waals surface area (Å²) < 4.78 is 6.09. The number of hydrogen-bond donors (Lipinski definition) is 1. The molecule has 3 rings (SSSR count). The number of carbonyl (C=O) groups excluding carboxylic acids is 1. The lowest BCUT2D eigenvalue weighted by Gasteiger charge is -2.32. The maximum absolute atomic E-state index is 12.5. The van der Waals surface area contributed by atoms with Crippen molar-refractivity contribution in [3.05, 3.63) is 46.7 Å². The van der Waals surface area contributed by atoms with Gasteiger partial charge in [-0.3, -0.25) is 4.79 Å². The molecule has 1 amide bonds. The molecule has 0 spiro atoms. The lowest BCUT2D eigenvalue weighted by atomic mass is 10.0. The van der Waals surface area contributed by atoms with E-state index < -0.39 is 0 Å². The number of nitrogens with zero attached hydrogens (tertiary/aromatic N) is 3. The Kier molecular flexibility index (Phi) is 5.86. The van der Waals surface area contributed by atoms with Crippen molar-refractivity contribution in [2.24, 2.45) is 0 Å². The Morgan fingerprint density at radius 2 is 2.08 bits per heavy atom. The Hall–Kier alpha value is -2.15. The summed E-state index contributed by atoms with van der Waals surface area (Å²) in [6, 6.07) is 9.95. The highest BCUT2D eigenvalue weighted by Gasteiger charge is 2.23. The minimum absolute atomic E-state index is 0.175. The van der Waals surface area contributed by atoms with Crippen LogP contribution in [0.2, 0.25) is 0 Å². The van der Waals surface area contributed by atoms with E-state index in [0.717, 1.165) is 41.8 Å². The van der Waals surface area contributed by atoms with E-state index in [1.54, 1.807) is 13.2 Å². The predicted molar refractivity (Wildman–Crippen MR) is 99.7 cm³/mol. The molecule has 0 aliphatic carbocycles. The molecule has 0 unspecified atom stereocenters. The Morgan fingerprint density at radius 3 is 2.80 bits per heavy atom. The first-order chi connectivity index (χ1) is 12.2. The molecule has 25 heavy (non-hydrogen) atoms. The van der Waals surface area contributed by atoms with Crippen LogP contribution in [-0.2, 0) is 11.2 Å². The number of benzene rings is 1. The number of carbonyl (C=O) groups is 1. The van der Waals surface area contributed by atoms with Gasteiger partial charge in [0.2, 0.25) is 11.8 Å². The van der Waals surface area contributed by atoms with Gasteiger partial charge in [-0.05, 0) is 24.5 Å². The Bertz CT molecular complexity index is 733. The van der Waals surface area contributed by atoms with Gasteiger partial charge in [0.15, 0.2) is 0 Å². The van der Waals surface area contributed by atoms with E-state index in [9.17, 15) is 4.79 Å². The van der Waals surface area contributed by atoms with Crippen LogP contribution in [0.3, 0.4) is 0 Å². The van der Waals surface area contributed by atoms with Gasteiger partial charge in [-0.1, -0.05) is 34.1 Å². The molecule has 2 heterocycles. The molecule has 132 valence electrons. The molecule has 1 N–H and O–H groups in total. The molecule has 1 fully saturated rings. The van der Waals surface area contributed by atoms with Crippen LogP contribution in [0.5, 0.6) is 5.88 Å². The van der Waals surface area contributed by atoms with Gasteiger partial charge in [-0.15, -0.1) is 0 Å². The number of methoxy groups -OCH3 is 1. The summed E-state index contributed by atoms with van der Waals surface area (Å²) in [6.45, 7) is 1.51. The third kappa shape index (κ3) is 4.69. The highest BCUT2D eigenvalue weighted by Crippen LogP contribution is 2.20. The number of hydrogen-bond acceptors (Lipinski definition) is 5. The number of anilines is 1. The van der Waals surface area contributed by atoms with Gasteiger partial charge in [0, 0.05) is 29.7 Å². The van der Waals surface area contributed by atoms with Gasteiger partial charge in [0.05, 0.1) is 13.5 Å². The van der Waals surface area contributed by atoms with Crippen LogP contribution in [0, 0.1) is 0 Å². The summed E-state index contributed by atoms with van der Waals surface area (Å²) in [6.07, 6.45) is 3.71.